The summed E-state index contributed by atoms with van der Waals surface area (Å²) in [6.07, 6.45) is -1.25. The van der Waals surface area contributed by atoms with Crippen LogP contribution in [0.1, 0.15) is 25.0 Å². The molecule has 1 atom stereocenters. The fraction of sp³-hybridized carbons (Fsp3) is 0.364. The summed E-state index contributed by atoms with van der Waals surface area (Å²) in [5, 5.41) is 9.73. The highest BCUT2D eigenvalue weighted by Crippen LogP contribution is 2.26. The smallest absolute Gasteiger partial charge is 0.308 e. The van der Waals surface area contributed by atoms with E-state index in [1.165, 1.54) is 18.2 Å². The van der Waals surface area contributed by atoms with Gasteiger partial charge >= 0.3 is 5.97 Å². The van der Waals surface area contributed by atoms with Crippen LogP contribution in [0, 0.1) is 5.82 Å². The number of carbonyl (C=O) groups excluding carboxylic acids is 1. The van der Waals surface area contributed by atoms with Crippen LogP contribution in [0.2, 0.25) is 0 Å². The van der Waals surface area contributed by atoms with Gasteiger partial charge in [-0.3, -0.25) is 4.79 Å². The van der Waals surface area contributed by atoms with E-state index < -0.39 is 17.9 Å². The van der Waals surface area contributed by atoms with Crippen molar-refractivity contribution in [2.75, 3.05) is 6.61 Å². The van der Waals surface area contributed by atoms with Crippen LogP contribution in [0.3, 0.4) is 0 Å². The van der Waals surface area contributed by atoms with Gasteiger partial charge in [0.1, 0.15) is 5.82 Å². The molecule has 0 aliphatic heterocycles. The molecule has 1 N–H and O–H groups in total. The van der Waals surface area contributed by atoms with Gasteiger partial charge in [0.15, 0.2) is 0 Å². The van der Waals surface area contributed by atoms with E-state index in [9.17, 15) is 14.3 Å². The minimum Gasteiger partial charge on any atom is -0.466 e. The monoisotopic (exact) mass is 290 g/mol. The van der Waals surface area contributed by atoms with Gasteiger partial charge in [0.2, 0.25) is 0 Å². The Balaban J connectivity index is 2.76. The molecule has 0 radical (unpaired) electrons. The summed E-state index contributed by atoms with van der Waals surface area (Å²) in [7, 11) is 0. The fourth-order valence-corrected chi connectivity index (χ4v) is 1.77. The van der Waals surface area contributed by atoms with E-state index in [0.29, 0.717) is 10.0 Å². The van der Waals surface area contributed by atoms with Gasteiger partial charge in [-0.25, -0.2) is 4.39 Å². The van der Waals surface area contributed by atoms with Crippen LogP contribution in [0.15, 0.2) is 22.7 Å². The van der Waals surface area contributed by atoms with Gasteiger partial charge in [-0.1, -0.05) is 15.9 Å². The number of hydrogen-bond donors (Lipinski definition) is 1. The molecule has 1 unspecified atom stereocenters. The predicted octanol–water partition coefficient (Wildman–Crippen LogP) is 2.57. The van der Waals surface area contributed by atoms with Crippen LogP contribution in [0.25, 0.3) is 0 Å². The van der Waals surface area contributed by atoms with Gasteiger partial charge in [0.25, 0.3) is 0 Å². The highest BCUT2D eigenvalue weighted by atomic mass is 79.9. The average molecular weight is 291 g/mol. The molecule has 3 nitrogen and oxygen atoms in total. The minimum atomic E-state index is -1.07. The normalized spacial score (nSPS) is 12.2. The molecule has 0 saturated heterocycles. The number of benzene rings is 1. The lowest BCUT2D eigenvalue weighted by Gasteiger charge is -2.12. The number of halogens is 2. The number of carbonyl (C=O) groups is 1. The third-order valence-electron chi connectivity index (χ3n) is 1.98. The second-order valence-corrected chi connectivity index (χ2v) is 4.05. The standard InChI is InChI=1S/C11H12BrFO3/c1-2-16-11(15)6-10(14)8-5-7(13)3-4-9(8)12/h3-5,10,14H,2,6H2,1H3. The molecule has 0 aliphatic carbocycles. The summed E-state index contributed by atoms with van der Waals surface area (Å²) in [4.78, 5) is 11.1. The average Bonchev–Trinajstić information content (AvgIpc) is 2.21. The minimum absolute atomic E-state index is 0.185. The van der Waals surface area contributed by atoms with Crippen LogP contribution in [-0.4, -0.2) is 17.7 Å². The molecule has 0 saturated carbocycles. The Morgan fingerprint density at radius 2 is 2.31 bits per heavy atom. The first-order valence-corrected chi connectivity index (χ1v) is 5.62. The van der Waals surface area contributed by atoms with Crippen molar-refractivity contribution in [3.8, 4) is 0 Å². The molecule has 5 heteroatoms. The van der Waals surface area contributed by atoms with Crippen molar-refractivity contribution in [2.24, 2.45) is 0 Å². The van der Waals surface area contributed by atoms with Gasteiger partial charge < -0.3 is 9.84 Å². The largest absolute Gasteiger partial charge is 0.466 e. The third kappa shape index (κ3) is 3.57. The predicted molar refractivity (Wildman–Crippen MR) is 60.3 cm³/mol. The third-order valence-corrected chi connectivity index (χ3v) is 2.70. The number of aliphatic hydroxyl groups excluding tert-OH is 1. The van der Waals surface area contributed by atoms with Crippen molar-refractivity contribution >= 4 is 21.9 Å². The molecule has 0 fully saturated rings. The van der Waals surface area contributed by atoms with E-state index in [4.69, 9.17) is 4.74 Å². The zero-order chi connectivity index (χ0) is 12.1. The first-order chi connectivity index (χ1) is 7.54. The second-order valence-electron chi connectivity index (χ2n) is 3.19. The molecule has 1 aromatic rings. The van der Waals surface area contributed by atoms with Gasteiger partial charge in [0.05, 0.1) is 19.1 Å². The molecule has 0 heterocycles. The van der Waals surface area contributed by atoms with Crippen LogP contribution in [0.5, 0.6) is 0 Å². The van der Waals surface area contributed by atoms with Crippen LogP contribution in [0.4, 0.5) is 4.39 Å². The van der Waals surface area contributed by atoms with Crippen molar-refractivity contribution < 1.29 is 19.0 Å². The molecule has 16 heavy (non-hydrogen) atoms. The van der Waals surface area contributed by atoms with Gasteiger partial charge in [0, 0.05) is 4.47 Å². The van der Waals surface area contributed by atoms with Crippen molar-refractivity contribution in [1.29, 1.82) is 0 Å². The van der Waals surface area contributed by atoms with E-state index in [2.05, 4.69) is 15.9 Å². The van der Waals surface area contributed by atoms with Gasteiger partial charge in [-0.2, -0.15) is 0 Å². The number of rotatable bonds is 4. The molecule has 0 spiro atoms. The molecule has 0 aromatic heterocycles. The maximum Gasteiger partial charge on any atom is 0.308 e. The Morgan fingerprint density at radius 1 is 1.62 bits per heavy atom. The number of ether oxygens (including phenoxy) is 1. The molecule has 88 valence electrons. The van der Waals surface area contributed by atoms with Crippen molar-refractivity contribution in [3.63, 3.8) is 0 Å². The summed E-state index contributed by atoms with van der Waals surface area (Å²) >= 11 is 3.18. The van der Waals surface area contributed by atoms with Crippen LogP contribution >= 0.6 is 15.9 Å². The molecule has 0 aliphatic rings. The number of esters is 1. The van der Waals surface area contributed by atoms with Gasteiger partial charge in [-0.05, 0) is 30.7 Å². The van der Waals surface area contributed by atoms with Crippen molar-refractivity contribution in [3.05, 3.63) is 34.1 Å². The molecular weight excluding hydrogens is 279 g/mol. The lowest BCUT2D eigenvalue weighted by Crippen LogP contribution is -2.10. The maximum atomic E-state index is 12.9. The fourth-order valence-electron chi connectivity index (χ4n) is 1.26. The quantitative estimate of drug-likeness (QED) is 0.867. The topological polar surface area (TPSA) is 46.5 Å². The highest BCUT2D eigenvalue weighted by Gasteiger charge is 2.16. The Morgan fingerprint density at radius 3 is 2.94 bits per heavy atom. The molecule has 1 rings (SSSR count). The first kappa shape index (κ1) is 13.1. The van der Waals surface area contributed by atoms with E-state index >= 15 is 0 Å². The Labute approximate surface area is 101 Å². The number of hydrogen-bond acceptors (Lipinski definition) is 3. The van der Waals surface area contributed by atoms with E-state index in [-0.39, 0.29) is 13.0 Å². The summed E-state index contributed by atoms with van der Waals surface area (Å²) in [6.45, 7) is 1.94. The van der Waals surface area contributed by atoms with Crippen LogP contribution < -0.4 is 0 Å². The SMILES string of the molecule is CCOC(=O)CC(O)c1cc(F)ccc1Br. The molecule has 0 bridgehead atoms. The lowest BCUT2D eigenvalue weighted by molar-refractivity contribution is -0.145. The summed E-state index contributed by atoms with van der Waals surface area (Å²) in [6, 6.07) is 3.94. The van der Waals surface area contributed by atoms with Crippen molar-refractivity contribution in [1.82, 2.24) is 0 Å². The van der Waals surface area contributed by atoms with Crippen LogP contribution in [-0.2, 0) is 9.53 Å². The summed E-state index contributed by atoms with van der Waals surface area (Å²) in [5.74, 6) is -0.965. The van der Waals surface area contributed by atoms with Gasteiger partial charge in [-0.15, -0.1) is 0 Å². The first-order valence-electron chi connectivity index (χ1n) is 4.83. The molecule has 0 amide bonds. The second kappa shape index (κ2) is 5.96. The summed E-state index contributed by atoms with van der Waals surface area (Å²) < 4.78 is 18.2. The lowest BCUT2D eigenvalue weighted by atomic mass is 10.1. The Bertz CT molecular complexity index is 381. The summed E-state index contributed by atoms with van der Waals surface area (Å²) in [5.41, 5.74) is 0.341. The maximum absolute atomic E-state index is 12.9. The Hall–Kier alpha value is -0.940. The zero-order valence-corrected chi connectivity index (χ0v) is 10.3. The van der Waals surface area contributed by atoms with Crippen molar-refractivity contribution in [2.45, 2.75) is 19.4 Å². The highest BCUT2D eigenvalue weighted by molar-refractivity contribution is 9.10. The zero-order valence-electron chi connectivity index (χ0n) is 8.74. The Kier molecular flexibility index (Phi) is 4.89. The molecular formula is C11H12BrFO3. The van der Waals surface area contributed by atoms with E-state index in [0.717, 1.165) is 0 Å². The van der Waals surface area contributed by atoms with E-state index in [1.54, 1.807) is 6.92 Å². The molecule has 1 aromatic carbocycles. The number of aliphatic hydroxyl groups is 1. The van der Waals surface area contributed by atoms with E-state index in [1.807, 2.05) is 0 Å².